The molecule has 1 N–H and O–H groups in total. The molecule has 2 aromatic carbocycles. The summed E-state index contributed by atoms with van der Waals surface area (Å²) in [5, 5.41) is 9.29. The molecule has 0 aliphatic rings. The van der Waals surface area contributed by atoms with Crippen LogP contribution in [0.15, 0.2) is 54.6 Å². The topological polar surface area (TPSA) is 37.3 Å². The van der Waals surface area contributed by atoms with Gasteiger partial charge >= 0.3 is 5.97 Å². The number of aliphatic carboxylic acids is 1. The van der Waals surface area contributed by atoms with E-state index in [-0.39, 0.29) is 0 Å². The van der Waals surface area contributed by atoms with Gasteiger partial charge in [0.1, 0.15) is 0 Å². The number of benzene rings is 2. The number of carboxylic acids is 1. The number of carbonyl (C=O) groups is 1. The van der Waals surface area contributed by atoms with Gasteiger partial charge in [-0.3, -0.25) is 0 Å². The van der Waals surface area contributed by atoms with Gasteiger partial charge in [-0.25, -0.2) is 4.79 Å². The molecule has 0 aromatic heterocycles. The fraction of sp³-hybridized carbons (Fsp3) is 0.0625. The molecule has 2 heteroatoms. The van der Waals surface area contributed by atoms with Crippen molar-refractivity contribution in [3.05, 3.63) is 71.3 Å². The standard InChI is InChI=1S/C16H14O2/c1-12-7-9-14(10-8-12)15(16(17)18)11-13-5-3-2-4-6-13/h2-11H,1H3,(H,17,18)/b15-11+. The number of carboxylic acid groups (broad SMARTS) is 1. The van der Waals surface area contributed by atoms with Gasteiger partial charge in [-0.05, 0) is 24.1 Å². The minimum atomic E-state index is -0.914. The summed E-state index contributed by atoms with van der Waals surface area (Å²) in [6.07, 6.45) is 1.69. The quantitative estimate of drug-likeness (QED) is 0.655. The van der Waals surface area contributed by atoms with E-state index in [1.165, 1.54) is 0 Å². The largest absolute Gasteiger partial charge is 0.478 e. The maximum absolute atomic E-state index is 11.3. The maximum Gasteiger partial charge on any atom is 0.336 e. The first-order valence-corrected chi connectivity index (χ1v) is 5.74. The monoisotopic (exact) mass is 238 g/mol. The van der Waals surface area contributed by atoms with Gasteiger partial charge in [-0.2, -0.15) is 0 Å². The highest BCUT2D eigenvalue weighted by atomic mass is 16.4. The SMILES string of the molecule is Cc1ccc(/C(=C\c2ccccc2)C(=O)O)cc1. The fourth-order valence-electron chi connectivity index (χ4n) is 1.72. The average molecular weight is 238 g/mol. The van der Waals surface area contributed by atoms with Gasteiger partial charge in [0, 0.05) is 0 Å². The number of hydrogen-bond acceptors (Lipinski definition) is 1. The summed E-state index contributed by atoms with van der Waals surface area (Å²) in [6.45, 7) is 1.98. The third-order valence-electron chi connectivity index (χ3n) is 2.70. The molecule has 0 aliphatic carbocycles. The van der Waals surface area contributed by atoms with E-state index in [1.807, 2.05) is 61.5 Å². The molecule has 0 heterocycles. The van der Waals surface area contributed by atoms with Crippen LogP contribution in [-0.2, 0) is 4.79 Å². The van der Waals surface area contributed by atoms with Crippen molar-refractivity contribution in [2.24, 2.45) is 0 Å². The van der Waals surface area contributed by atoms with E-state index in [9.17, 15) is 9.90 Å². The van der Waals surface area contributed by atoms with Gasteiger partial charge in [0.25, 0.3) is 0 Å². The molecule has 0 spiro atoms. The van der Waals surface area contributed by atoms with E-state index in [0.717, 1.165) is 16.7 Å². The molecular formula is C16H14O2. The van der Waals surface area contributed by atoms with Crippen LogP contribution in [0.1, 0.15) is 16.7 Å². The molecule has 0 radical (unpaired) electrons. The first kappa shape index (κ1) is 12.1. The van der Waals surface area contributed by atoms with Crippen molar-refractivity contribution in [3.8, 4) is 0 Å². The van der Waals surface area contributed by atoms with E-state index < -0.39 is 5.97 Å². The van der Waals surface area contributed by atoms with Crippen LogP contribution in [-0.4, -0.2) is 11.1 Å². The molecule has 2 aromatic rings. The summed E-state index contributed by atoms with van der Waals surface area (Å²) in [6, 6.07) is 16.9. The zero-order valence-electron chi connectivity index (χ0n) is 10.1. The number of rotatable bonds is 3. The van der Waals surface area contributed by atoms with Gasteiger partial charge in [0.15, 0.2) is 0 Å². The second-order valence-electron chi connectivity index (χ2n) is 4.14. The molecule has 90 valence electrons. The van der Waals surface area contributed by atoms with Crippen molar-refractivity contribution in [1.82, 2.24) is 0 Å². The molecule has 0 saturated carbocycles. The van der Waals surface area contributed by atoms with Gasteiger partial charge in [0.2, 0.25) is 0 Å². The second kappa shape index (κ2) is 5.32. The minimum Gasteiger partial charge on any atom is -0.478 e. The summed E-state index contributed by atoms with van der Waals surface area (Å²) < 4.78 is 0. The van der Waals surface area contributed by atoms with E-state index in [4.69, 9.17) is 0 Å². The van der Waals surface area contributed by atoms with Gasteiger partial charge < -0.3 is 5.11 Å². The average Bonchev–Trinajstić information content (AvgIpc) is 2.38. The molecule has 0 saturated heterocycles. The van der Waals surface area contributed by atoms with Crippen molar-refractivity contribution < 1.29 is 9.90 Å². The molecule has 0 unspecified atom stereocenters. The fourth-order valence-corrected chi connectivity index (χ4v) is 1.72. The predicted molar refractivity (Wildman–Crippen MR) is 73.1 cm³/mol. The number of hydrogen-bond donors (Lipinski definition) is 1. The van der Waals surface area contributed by atoms with Gasteiger partial charge in [-0.15, -0.1) is 0 Å². The summed E-state index contributed by atoms with van der Waals surface area (Å²) in [5.41, 5.74) is 3.02. The van der Waals surface area contributed by atoms with Crippen LogP contribution in [0.25, 0.3) is 11.6 Å². The molecular weight excluding hydrogens is 224 g/mol. The summed E-state index contributed by atoms with van der Waals surface area (Å²) >= 11 is 0. The lowest BCUT2D eigenvalue weighted by molar-refractivity contribution is -0.130. The molecule has 0 atom stereocenters. The van der Waals surface area contributed by atoms with Gasteiger partial charge in [0.05, 0.1) is 5.57 Å². The molecule has 0 aliphatic heterocycles. The number of aryl methyl sites for hydroxylation is 1. The second-order valence-corrected chi connectivity index (χ2v) is 4.14. The lowest BCUT2D eigenvalue weighted by atomic mass is 10.0. The Kier molecular flexibility index (Phi) is 3.58. The highest BCUT2D eigenvalue weighted by molar-refractivity contribution is 6.20. The molecule has 2 nitrogen and oxygen atoms in total. The van der Waals surface area contributed by atoms with E-state index in [2.05, 4.69) is 0 Å². The Hall–Kier alpha value is -2.35. The summed E-state index contributed by atoms with van der Waals surface area (Å²) in [4.78, 5) is 11.3. The maximum atomic E-state index is 11.3. The van der Waals surface area contributed by atoms with Crippen LogP contribution in [0, 0.1) is 6.92 Å². The molecule has 2 rings (SSSR count). The van der Waals surface area contributed by atoms with E-state index in [0.29, 0.717) is 5.57 Å². The predicted octanol–water partition coefficient (Wildman–Crippen LogP) is 3.62. The lowest BCUT2D eigenvalue weighted by Gasteiger charge is -2.03. The van der Waals surface area contributed by atoms with E-state index >= 15 is 0 Å². The molecule has 18 heavy (non-hydrogen) atoms. The Balaban J connectivity index is 2.44. The zero-order chi connectivity index (χ0) is 13.0. The molecule has 0 bridgehead atoms. The summed E-state index contributed by atoms with van der Waals surface area (Å²) in [5.74, 6) is -0.914. The normalized spacial score (nSPS) is 11.3. The highest BCUT2D eigenvalue weighted by Crippen LogP contribution is 2.19. The van der Waals surface area contributed by atoms with Crippen LogP contribution < -0.4 is 0 Å². The van der Waals surface area contributed by atoms with Crippen molar-refractivity contribution in [1.29, 1.82) is 0 Å². The Bertz CT molecular complexity index is 566. The highest BCUT2D eigenvalue weighted by Gasteiger charge is 2.09. The minimum absolute atomic E-state index is 0.307. The molecule has 0 amide bonds. The summed E-state index contributed by atoms with van der Waals surface area (Å²) in [7, 11) is 0. The Morgan fingerprint density at radius 3 is 2.17 bits per heavy atom. The van der Waals surface area contributed by atoms with Crippen LogP contribution >= 0.6 is 0 Å². The van der Waals surface area contributed by atoms with Crippen LogP contribution in [0.5, 0.6) is 0 Å². The van der Waals surface area contributed by atoms with Crippen LogP contribution in [0.2, 0.25) is 0 Å². The van der Waals surface area contributed by atoms with Crippen LogP contribution in [0.4, 0.5) is 0 Å². The van der Waals surface area contributed by atoms with Crippen molar-refractivity contribution in [3.63, 3.8) is 0 Å². The van der Waals surface area contributed by atoms with Crippen molar-refractivity contribution in [2.75, 3.05) is 0 Å². The van der Waals surface area contributed by atoms with Crippen molar-refractivity contribution >= 4 is 17.6 Å². The van der Waals surface area contributed by atoms with E-state index in [1.54, 1.807) is 6.08 Å². The Labute approximate surface area is 106 Å². The first-order chi connectivity index (χ1) is 8.66. The first-order valence-electron chi connectivity index (χ1n) is 5.74. The zero-order valence-corrected chi connectivity index (χ0v) is 10.1. The molecule has 0 fully saturated rings. The third-order valence-corrected chi connectivity index (χ3v) is 2.70. The van der Waals surface area contributed by atoms with Crippen molar-refractivity contribution in [2.45, 2.75) is 6.92 Å². The third kappa shape index (κ3) is 2.86. The van der Waals surface area contributed by atoms with Crippen LogP contribution in [0.3, 0.4) is 0 Å². The lowest BCUT2D eigenvalue weighted by Crippen LogP contribution is -1.99. The van der Waals surface area contributed by atoms with Gasteiger partial charge in [-0.1, -0.05) is 60.2 Å². The smallest absolute Gasteiger partial charge is 0.336 e. The Morgan fingerprint density at radius 2 is 1.61 bits per heavy atom. The Morgan fingerprint density at radius 1 is 1.00 bits per heavy atom.